The van der Waals surface area contributed by atoms with Crippen molar-refractivity contribution < 1.29 is 0 Å². The van der Waals surface area contributed by atoms with E-state index in [1.807, 2.05) is 0 Å². The Morgan fingerprint density at radius 1 is 1.12 bits per heavy atom. The first-order valence-electron chi connectivity index (χ1n) is 6.90. The number of nitrogens with zero attached hydrogens (tertiary/aromatic N) is 2. The minimum absolute atomic E-state index is 0.195. The van der Waals surface area contributed by atoms with Crippen LogP contribution in [-0.2, 0) is 0 Å². The van der Waals surface area contributed by atoms with Crippen LogP contribution in [0.3, 0.4) is 0 Å². The van der Waals surface area contributed by atoms with Gasteiger partial charge in [-0.1, -0.05) is 6.42 Å². The zero-order valence-corrected chi connectivity index (χ0v) is 10.5. The second-order valence-electron chi connectivity index (χ2n) is 6.21. The lowest BCUT2D eigenvalue weighted by atomic mass is 9.75. The van der Waals surface area contributed by atoms with Crippen molar-refractivity contribution in [3.63, 3.8) is 0 Å². The van der Waals surface area contributed by atoms with E-state index in [1.165, 1.54) is 58.3 Å². The summed E-state index contributed by atoms with van der Waals surface area (Å²) in [6.07, 6.45) is 6.82. The van der Waals surface area contributed by atoms with E-state index in [2.05, 4.69) is 16.8 Å². The molecule has 2 aliphatic carbocycles. The van der Waals surface area contributed by atoms with Crippen molar-refractivity contribution in [3.05, 3.63) is 0 Å². The fourth-order valence-electron chi connectivity index (χ4n) is 3.43. The molecule has 3 rings (SSSR count). The SMILES string of the molecule is CN1CCN(C(C2CCC2)C2(N)CC2)CC1. The Labute approximate surface area is 99.0 Å². The summed E-state index contributed by atoms with van der Waals surface area (Å²) in [5.41, 5.74) is 6.71. The van der Waals surface area contributed by atoms with Crippen molar-refractivity contribution in [2.75, 3.05) is 33.2 Å². The van der Waals surface area contributed by atoms with Crippen LogP contribution < -0.4 is 5.73 Å². The summed E-state index contributed by atoms with van der Waals surface area (Å²) >= 11 is 0. The lowest BCUT2D eigenvalue weighted by Crippen LogP contribution is -2.59. The zero-order chi connectivity index (χ0) is 11.2. The Morgan fingerprint density at radius 2 is 1.75 bits per heavy atom. The third-order valence-electron chi connectivity index (χ3n) is 4.94. The first-order valence-corrected chi connectivity index (χ1v) is 6.90. The van der Waals surface area contributed by atoms with Gasteiger partial charge < -0.3 is 10.6 Å². The van der Waals surface area contributed by atoms with Crippen molar-refractivity contribution in [1.29, 1.82) is 0 Å². The van der Waals surface area contributed by atoms with E-state index >= 15 is 0 Å². The van der Waals surface area contributed by atoms with Gasteiger partial charge in [0, 0.05) is 37.8 Å². The molecule has 2 N–H and O–H groups in total. The van der Waals surface area contributed by atoms with Crippen molar-refractivity contribution >= 4 is 0 Å². The predicted molar refractivity (Wildman–Crippen MR) is 66.4 cm³/mol. The fraction of sp³-hybridized carbons (Fsp3) is 1.00. The van der Waals surface area contributed by atoms with Gasteiger partial charge in [0.15, 0.2) is 0 Å². The van der Waals surface area contributed by atoms with Crippen LogP contribution in [0.5, 0.6) is 0 Å². The molecule has 0 aromatic carbocycles. The Morgan fingerprint density at radius 3 is 2.19 bits per heavy atom. The summed E-state index contributed by atoms with van der Waals surface area (Å²) in [5.74, 6) is 0.913. The average molecular weight is 223 g/mol. The zero-order valence-electron chi connectivity index (χ0n) is 10.5. The molecule has 3 aliphatic rings. The summed E-state index contributed by atoms with van der Waals surface area (Å²) in [7, 11) is 2.23. The van der Waals surface area contributed by atoms with E-state index in [1.54, 1.807) is 0 Å². The second kappa shape index (κ2) is 3.97. The van der Waals surface area contributed by atoms with Crippen LogP contribution in [0.2, 0.25) is 0 Å². The lowest BCUT2D eigenvalue weighted by Gasteiger charge is -2.47. The second-order valence-corrected chi connectivity index (χ2v) is 6.21. The molecule has 0 amide bonds. The molecule has 0 radical (unpaired) electrons. The fourth-order valence-corrected chi connectivity index (χ4v) is 3.43. The van der Waals surface area contributed by atoms with Gasteiger partial charge in [-0.15, -0.1) is 0 Å². The molecule has 1 unspecified atom stereocenters. The van der Waals surface area contributed by atoms with E-state index < -0.39 is 0 Å². The maximum atomic E-state index is 6.51. The highest BCUT2D eigenvalue weighted by atomic mass is 15.3. The van der Waals surface area contributed by atoms with E-state index in [-0.39, 0.29) is 5.54 Å². The Balaban J connectivity index is 1.67. The Bertz CT molecular complexity index is 250. The van der Waals surface area contributed by atoms with Gasteiger partial charge in [-0.2, -0.15) is 0 Å². The quantitative estimate of drug-likeness (QED) is 0.771. The largest absolute Gasteiger partial charge is 0.324 e. The minimum atomic E-state index is 0.195. The van der Waals surface area contributed by atoms with Crippen LogP contribution in [0.25, 0.3) is 0 Å². The molecule has 1 atom stereocenters. The smallest absolute Gasteiger partial charge is 0.0316 e. The van der Waals surface area contributed by atoms with Crippen LogP contribution in [0.15, 0.2) is 0 Å². The number of hydrogen-bond acceptors (Lipinski definition) is 3. The molecule has 0 bridgehead atoms. The van der Waals surface area contributed by atoms with Gasteiger partial charge >= 0.3 is 0 Å². The van der Waals surface area contributed by atoms with Gasteiger partial charge in [-0.05, 0) is 38.6 Å². The first kappa shape index (κ1) is 11.0. The molecular formula is C13H25N3. The van der Waals surface area contributed by atoms with Crippen LogP contribution >= 0.6 is 0 Å². The maximum absolute atomic E-state index is 6.51. The number of nitrogens with two attached hydrogens (primary N) is 1. The van der Waals surface area contributed by atoms with Crippen LogP contribution in [0, 0.1) is 5.92 Å². The third-order valence-corrected chi connectivity index (χ3v) is 4.94. The van der Waals surface area contributed by atoms with E-state index in [0.717, 1.165) is 5.92 Å². The molecular weight excluding hydrogens is 198 g/mol. The number of piperazine rings is 1. The Kier molecular flexibility index (Phi) is 2.73. The van der Waals surface area contributed by atoms with Crippen molar-refractivity contribution in [1.82, 2.24) is 9.80 Å². The highest BCUT2D eigenvalue weighted by molar-refractivity contribution is 5.12. The molecule has 92 valence electrons. The molecule has 1 aliphatic heterocycles. The predicted octanol–water partition coefficient (Wildman–Crippen LogP) is 0.894. The van der Waals surface area contributed by atoms with Gasteiger partial charge in [-0.25, -0.2) is 0 Å². The molecule has 3 fully saturated rings. The number of likely N-dealkylation sites (N-methyl/N-ethyl adjacent to an activating group) is 1. The van der Waals surface area contributed by atoms with E-state index in [4.69, 9.17) is 5.73 Å². The van der Waals surface area contributed by atoms with Gasteiger partial charge in [0.05, 0.1) is 0 Å². The lowest BCUT2D eigenvalue weighted by molar-refractivity contribution is 0.0339. The first-order chi connectivity index (χ1) is 7.69. The Hall–Kier alpha value is -0.120. The number of rotatable bonds is 3. The van der Waals surface area contributed by atoms with Crippen LogP contribution in [-0.4, -0.2) is 54.6 Å². The van der Waals surface area contributed by atoms with Gasteiger partial charge in [0.1, 0.15) is 0 Å². The maximum Gasteiger partial charge on any atom is 0.0316 e. The van der Waals surface area contributed by atoms with Crippen molar-refractivity contribution in [2.45, 2.75) is 43.7 Å². The van der Waals surface area contributed by atoms with Crippen LogP contribution in [0.4, 0.5) is 0 Å². The highest BCUT2D eigenvalue weighted by Crippen LogP contribution is 2.46. The molecule has 1 saturated heterocycles. The molecule has 0 aromatic rings. The standard InChI is InChI=1S/C13H25N3/c1-15-7-9-16(10-8-15)12(11-3-2-4-11)13(14)5-6-13/h11-12H,2-10,14H2,1H3. The van der Waals surface area contributed by atoms with Gasteiger partial charge in [0.2, 0.25) is 0 Å². The molecule has 3 nitrogen and oxygen atoms in total. The van der Waals surface area contributed by atoms with Crippen LogP contribution in [0.1, 0.15) is 32.1 Å². The summed E-state index contributed by atoms with van der Waals surface area (Å²) in [4.78, 5) is 5.14. The normalized spacial score (nSPS) is 33.4. The monoisotopic (exact) mass is 223 g/mol. The van der Waals surface area contributed by atoms with E-state index in [0.29, 0.717) is 6.04 Å². The summed E-state index contributed by atoms with van der Waals surface area (Å²) in [6.45, 7) is 4.91. The molecule has 1 heterocycles. The van der Waals surface area contributed by atoms with E-state index in [9.17, 15) is 0 Å². The minimum Gasteiger partial charge on any atom is -0.324 e. The molecule has 0 aromatic heterocycles. The number of hydrogen-bond donors (Lipinski definition) is 1. The summed E-state index contributed by atoms with van der Waals surface area (Å²) in [6, 6.07) is 0.704. The van der Waals surface area contributed by atoms with Gasteiger partial charge in [-0.3, -0.25) is 4.90 Å². The molecule has 3 heteroatoms. The summed E-state index contributed by atoms with van der Waals surface area (Å²) < 4.78 is 0. The molecule has 16 heavy (non-hydrogen) atoms. The third kappa shape index (κ3) is 1.89. The molecule has 2 saturated carbocycles. The topological polar surface area (TPSA) is 32.5 Å². The summed E-state index contributed by atoms with van der Waals surface area (Å²) in [5, 5.41) is 0. The average Bonchev–Trinajstić information content (AvgIpc) is 2.93. The van der Waals surface area contributed by atoms with Gasteiger partial charge in [0.25, 0.3) is 0 Å². The van der Waals surface area contributed by atoms with Crippen molar-refractivity contribution in [3.8, 4) is 0 Å². The highest BCUT2D eigenvalue weighted by Gasteiger charge is 2.52. The van der Waals surface area contributed by atoms with Crippen molar-refractivity contribution in [2.24, 2.45) is 11.7 Å². The molecule has 0 spiro atoms.